The van der Waals surface area contributed by atoms with Crippen LogP contribution >= 0.6 is 0 Å². The molecule has 1 atom stereocenters. The molecule has 0 heterocycles. The summed E-state index contributed by atoms with van der Waals surface area (Å²) in [6.45, 7) is 0.332. The fraction of sp³-hybridized carbons (Fsp3) is 0.333. The van der Waals surface area contributed by atoms with Crippen LogP contribution < -0.4 is 15.2 Å². The van der Waals surface area contributed by atoms with E-state index in [1.165, 1.54) is 7.11 Å². The number of halogens is 3. The number of hydrogen-bond acceptors (Lipinski definition) is 3. The molecule has 0 unspecified atom stereocenters. The Bertz CT molecular complexity index is 644. The fourth-order valence-electron chi connectivity index (χ4n) is 2.26. The highest BCUT2D eigenvalue weighted by molar-refractivity contribution is 5.44. The summed E-state index contributed by atoms with van der Waals surface area (Å²) < 4.78 is 48.0. The molecule has 2 rings (SSSR count). The van der Waals surface area contributed by atoms with Crippen LogP contribution in [0.5, 0.6) is 11.5 Å². The molecule has 3 nitrogen and oxygen atoms in total. The van der Waals surface area contributed by atoms with Crippen LogP contribution in [0.15, 0.2) is 48.5 Å². The number of hydrogen-bond donors (Lipinski definition) is 1. The van der Waals surface area contributed by atoms with E-state index in [1.54, 1.807) is 18.2 Å². The zero-order chi connectivity index (χ0) is 17.6. The van der Waals surface area contributed by atoms with Gasteiger partial charge in [-0.05, 0) is 29.7 Å². The highest BCUT2D eigenvalue weighted by atomic mass is 19.4. The molecule has 0 saturated heterocycles. The molecule has 24 heavy (non-hydrogen) atoms. The molecular formula is C18H20F3NO2. The van der Waals surface area contributed by atoms with Gasteiger partial charge in [-0.3, -0.25) is 0 Å². The van der Waals surface area contributed by atoms with Crippen molar-refractivity contribution < 1.29 is 22.6 Å². The van der Waals surface area contributed by atoms with Crippen LogP contribution in [0.3, 0.4) is 0 Å². The molecule has 0 bridgehead atoms. The van der Waals surface area contributed by atoms with Crippen molar-refractivity contribution in [3.05, 3.63) is 59.7 Å². The summed E-state index contributed by atoms with van der Waals surface area (Å²) in [7, 11) is 1.51. The summed E-state index contributed by atoms with van der Waals surface area (Å²) in [6, 6.07) is 13.8. The second-order valence-corrected chi connectivity index (χ2v) is 5.44. The van der Waals surface area contributed by atoms with E-state index >= 15 is 0 Å². The van der Waals surface area contributed by atoms with E-state index in [0.717, 1.165) is 5.56 Å². The molecule has 2 aromatic carbocycles. The average molecular weight is 339 g/mol. The Morgan fingerprint density at radius 3 is 2.38 bits per heavy atom. The van der Waals surface area contributed by atoms with E-state index in [0.29, 0.717) is 23.7 Å². The largest absolute Gasteiger partial charge is 0.493 e. The third-order valence-corrected chi connectivity index (χ3v) is 3.59. The second-order valence-electron chi connectivity index (χ2n) is 5.44. The van der Waals surface area contributed by atoms with Gasteiger partial charge in [-0.15, -0.1) is 0 Å². The minimum atomic E-state index is -4.21. The highest BCUT2D eigenvalue weighted by Gasteiger charge is 2.28. The lowest BCUT2D eigenvalue weighted by atomic mass is 10.0. The van der Waals surface area contributed by atoms with Crippen LogP contribution in [0.2, 0.25) is 0 Å². The number of methoxy groups -OCH3 is 1. The molecular weight excluding hydrogens is 319 g/mol. The molecule has 2 aromatic rings. The monoisotopic (exact) mass is 339 g/mol. The molecule has 0 radical (unpaired) electrons. The van der Waals surface area contributed by atoms with E-state index < -0.39 is 18.6 Å². The van der Waals surface area contributed by atoms with Crippen LogP contribution in [0, 0.1) is 0 Å². The number of alkyl halides is 3. The summed E-state index contributed by atoms with van der Waals surface area (Å²) >= 11 is 0. The predicted octanol–water partition coefficient (Wildman–Crippen LogP) is 4.62. The number of rotatable bonds is 7. The highest BCUT2D eigenvalue weighted by Crippen LogP contribution is 2.33. The minimum Gasteiger partial charge on any atom is -0.493 e. The second kappa shape index (κ2) is 8.06. The molecule has 6 heteroatoms. The summed E-state index contributed by atoms with van der Waals surface area (Å²) in [6.07, 6.45) is -5.30. The van der Waals surface area contributed by atoms with Crippen LogP contribution in [0.4, 0.5) is 13.2 Å². The topological polar surface area (TPSA) is 44.5 Å². The van der Waals surface area contributed by atoms with Gasteiger partial charge < -0.3 is 15.2 Å². The van der Waals surface area contributed by atoms with Crippen molar-refractivity contribution in [2.75, 3.05) is 7.11 Å². The van der Waals surface area contributed by atoms with Crippen molar-refractivity contribution in [1.29, 1.82) is 0 Å². The number of ether oxygens (including phenoxy) is 2. The van der Waals surface area contributed by atoms with Gasteiger partial charge in [0, 0.05) is 12.5 Å². The zero-order valence-corrected chi connectivity index (χ0v) is 13.3. The first kappa shape index (κ1) is 18.1. The summed E-state index contributed by atoms with van der Waals surface area (Å²) in [5.74, 6) is 0.971. The zero-order valence-electron chi connectivity index (χ0n) is 13.3. The molecule has 0 aliphatic rings. The van der Waals surface area contributed by atoms with E-state index in [9.17, 15) is 13.2 Å². The van der Waals surface area contributed by atoms with Gasteiger partial charge in [0.15, 0.2) is 11.5 Å². The minimum absolute atomic E-state index is 0.173. The normalized spacial score (nSPS) is 12.7. The maximum absolute atomic E-state index is 12.3. The molecule has 0 amide bonds. The Labute approximate surface area is 139 Å². The lowest BCUT2D eigenvalue weighted by molar-refractivity contribution is -0.136. The van der Waals surface area contributed by atoms with Crippen molar-refractivity contribution in [1.82, 2.24) is 0 Å². The van der Waals surface area contributed by atoms with Gasteiger partial charge in [-0.2, -0.15) is 13.2 Å². The van der Waals surface area contributed by atoms with Gasteiger partial charge >= 0.3 is 6.18 Å². The smallest absolute Gasteiger partial charge is 0.389 e. The van der Waals surface area contributed by atoms with Gasteiger partial charge in [0.05, 0.1) is 7.11 Å². The Kier molecular flexibility index (Phi) is 6.09. The van der Waals surface area contributed by atoms with Crippen molar-refractivity contribution >= 4 is 0 Å². The molecule has 130 valence electrons. The molecule has 0 aromatic heterocycles. The summed E-state index contributed by atoms with van der Waals surface area (Å²) in [5.41, 5.74) is 7.44. The first-order valence-corrected chi connectivity index (χ1v) is 7.56. The van der Waals surface area contributed by atoms with Gasteiger partial charge in [0.25, 0.3) is 0 Å². The van der Waals surface area contributed by atoms with E-state index in [1.807, 2.05) is 30.3 Å². The van der Waals surface area contributed by atoms with Crippen molar-refractivity contribution in [3.8, 4) is 11.5 Å². The van der Waals surface area contributed by atoms with E-state index in [4.69, 9.17) is 15.2 Å². The SMILES string of the molecule is COc1ccc([C@H](N)CCC(F)(F)F)cc1OCc1ccccc1. The van der Waals surface area contributed by atoms with Crippen LogP contribution in [-0.2, 0) is 6.61 Å². The first-order chi connectivity index (χ1) is 11.4. The lowest BCUT2D eigenvalue weighted by Crippen LogP contribution is -2.16. The maximum Gasteiger partial charge on any atom is 0.389 e. The summed E-state index contributed by atoms with van der Waals surface area (Å²) in [5, 5.41) is 0. The fourth-order valence-corrected chi connectivity index (χ4v) is 2.26. The Morgan fingerprint density at radius 1 is 1.04 bits per heavy atom. The van der Waals surface area contributed by atoms with Crippen LogP contribution in [0.1, 0.15) is 30.0 Å². The Balaban J connectivity index is 2.09. The third-order valence-electron chi connectivity index (χ3n) is 3.59. The van der Waals surface area contributed by atoms with Gasteiger partial charge in [-0.25, -0.2) is 0 Å². The molecule has 0 saturated carbocycles. The molecule has 0 fully saturated rings. The van der Waals surface area contributed by atoms with Gasteiger partial charge in [-0.1, -0.05) is 36.4 Å². The molecule has 2 N–H and O–H groups in total. The quantitative estimate of drug-likeness (QED) is 0.801. The summed E-state index contributed by atoms with van der Waals surface area (Å²) in [4.78, 5) is 0. The number of benzene rings is 2. The third kappa shape index (κ3) is 5.45. The Morgan fingerprint density at radius 2 is 1.75 bits per heavy atom. The molecule has 0 aliphatic carbocycles. The number of nitrogens with two attached hydrogens (primary N) is 1. The van der Waals surface area contributed by atoms with Gasteiger partial charge in [0.2, 0.25) is 0 Å². The maximum atomic E-state index is 12.3. The average Bonchev–Trinajstić information content (AvgIpc) is 2.57. The Hall–Kier alpha value is -2.21. The lowest BCUT2D eigenvalue weighted by Gasteiger charge is -2.17. The van der Waals surface area contributed by atoms with Crippen molar-refractivity contribution in [2.45, 2.75) is 31.7 Å². The molecule has 0 aliphatic heterocycles. The standard InChI is InChI=1S/C18H20F3NO2/c1-23-16-8-7-14(15(22)9-10-18(19,20)21)11-17(16)24-12-13-5-3-2-4-6-13/h2-8,11,15H,9-10,12,22H2,1H3/t15-/m1/s1. The molecule has 0 spiro atoms. The predicted molar refractivity (Wildman–Crippen MR) is 86.0 cm³/mol. The van der Waals surface area contributed by atoms with Gasteiger partial charge in [0.1, 0.15) is 6.61 Å². The van der Waals surface area contributed by atoms with Crippen molar-refractivity contribution in [2.24, 2.45) is 5.73 Å². The first-order valence-electron chi connectivity index (χ1n) is 7.56. The van der Waals surface area contributed by atoms with E-state index in [2.05, 4.69) is 0 Å². The van der Waals surface area contributed by atoms with E-state index in [-0.39, 0.29) is 6.42 Å². The van der Waals surface area contributed by atoms with Crippen LogP contribution in [0.25, 0.3) is 0 Å². The van der Waals surface area contributed by atoms with Crippen molar-refractivity contribution in [3.63, 3.8) is 0 Å². The van der Waals surface area contributed by atoms with Crippen LogP contribution in [-0.4, -0.2) is 13.3 Å².